The minimum Gasteiger partial charge on any atom is -0.480 e. The first kappa shape index (κ1) is 11.4. The van der Waals surface area contributed by atoms with Crippen molar-refractivity contribution in [3.63, 3.8) is 0 Å². The summed E-state index contributed by atoms with van der Waals surface area (Å²) >= 11 is 0. The number of rotatable bonds is 3. The van der Waals surface area contributed by atoms with E-state index in [0.29, 0.717) is 6.54 Å². The Labute approximate surface area is 98.8 Å². The molecule has 1 amide bonds. The highest BCUT2D eigenvalue weighted by Gasteiger charge is 2.29. The second-order valence-corrected chi connectivity index (χ2v) is 4.09. The predicted molar refractivity (Wildman–Crippen MR) is 62.9 cm³/mol. The van der Waals surface area contributed by atoms with E-state index < -0.39 is 12.0 Å². The fourth-order valence-electron chi connectivity index (χ4n) is 1.89. The van der Waals surface area contributed by atoms with Crippen molar-refractivity contribution in [3.05, 3.63) is 29.8 Å². The molecule has 1 unspecified atom stereocenters. The predicted octanol–water partition coefficient (Wildman–Crippen LogP) is 0.785. The van der Waals surface area contributed by atoms with Gasteiger partial charge in [-0.2, -0.15) is 0 Å². The molecule has 0 bridgehead atoms. The van der Waals surface area contributed by atoms with Gasteiger partial charge in [-0.15, -0.1) is 0 Å². The van der Waals surface area contributed by atoms with E-state index in [0.717, 1.165) is 11.3 Å². The molecule has 0 aliphatic carbocycles. The lowest BCUT2D eigenvalue weighted by Gasteiger charge is -2.13. The number of anilines is 1. The first-order chi connectivity index (χ1) is 8.09. The first-order valence-electron chi connectivity index (χ1n) is 5.45. The van der Waals surface area contributed by atoms with Crippen LogP contribution in [-0.4, -0.2) is 29.6 Å². The highest BCUT2D eigenvalue weighted by Crippen LogP contribution is 2.30. The first-order valence-corrected chi connectivity index (χ1v) is 5.45. The van der Waals surface area contributed by atoms with Crippen LogP contribution in [0.1, 0.15) is 18.4 Å². The molecule has 0 saturated heterocycles. The van der Waals surface area contributed by atoms with Gasteiger partial charge in [0.25, 0.3) is 0 Å². The molecule has 2 atom stereocenters. The second kappa shape index (κ2) is 4.45. The van der Waals surface area contributed by atoms with Crippen LogP contribution >= 0.6 is 0 Å². The number of aliphatic carboxylic acids is 1. The van der Waals surface area contributed by atoms with Crippen molar-refractivity contribution in [3.8, 4) is 0 Å². The highest BCUT2D eigenvalue weighted by atomic mass is 16.4. The van der Waals surface area contributed by atoms with E-state index in [1.165, 1.54) is 6.92 Å². The topological polar surface area (TPSA) is 78.4 Å². The molecule has 0 radical (unpaired) electrons. The molecule has 1 aromatic carbocycles. The van der Waals surface area contributed by atoms with Crippen molar-refractivity contribution in [2.45, 2.75) is 18.9 Å². The third-order valence-corrected chi connectivity index (χ3v) is 2.88. The van der Waals surface area contributed by atoms with E-state index >= 15 is 0 Å². The van der Waals surface area contributed by atoms with Gasteiger partial charge >= 0.3 is 5.97 Å². The third-order valence-electron chi connectivity index (χ3n) is 2.88. The highest BCUT2D eigenvalue weighted by molar-refractivity contribution is 5.91. The number of amides is 1. The van der Waals surface area contributed by atoms with Gasteiger partial charge < -0.3 is 15.7 Å². The summed E-state index contributed by atoms with van der Waals surface area (Å²) in [6, 6.07) is 6.68. The molecular weight excluding hydrogens is 220 g/mol. The number of fused-ring (bicyclic) bond motifs is 1. The SMILES string of the molecule is C[C@H](NC(=O)C1CNc2ccccc21)C(=O)O. The van der Waals surface area contributed by atoms with Crippen molar-refractivity contribution in [2.75, 3.05) is 11.9 Å². The van der Waals surface area contributed by atoms with Crippen LogP contribution in [0.3, 0.4) is 0 Å². The Balaban J connectivity index is 2.10. The van der Waals surface area contributed by atoms with E-state index in [1.807, 2.05) is 24.3 Å². The van der Waals surface area contributed by atoms with Crippen LogP contribution in [-0.2, 0) is 9.59 Å². The minimum atomic E-state index is -1.03. The molecule has 5 heteroatoms. The second-order valence-electron chi connectivity index (χ2n) is 4.09. The van der Waals surface area contributed by atoms with Crippen LogP contribution in [0.15, 0.2) is 24.3 Å². The molecule has 90 valence electrons. The van der Waals surface area contributed by atoms with Gasteiger partial charge in [-0.05, 0) is 18.6 Å². The molecule has 0 aromatic heterocycles. The molecule has 0 fully saturated rings. The van der Waals surface area contributed by atoms with Crippen LogP contribution in [0.2, 0.25) is 0 Å². The molecule has 5 nitrogen and oxygen atoms in total. The molecule has 1 aromatic rings. The zero-order chi connectivity index (χ0) is 12.4. The number of carboxylic acid groups (broad SMARTS) is 1. The van der Waals surface area contributed by atoms with Crippen LogP contribution in [0.4, 0.5) is 5.69 Å². The summed E-state index contributed by atoms with van der Waals surface area (Å²) in [5, 5.41) is 14.3. The maximum atomic E-state index is 11.9. The Kier molecular flexibility index (Phi) is 2.99. The summed E-state index contributed by atoms with van der Waals surface area (Å²) in [4.78, 5) is 22.6. The largest absolute Gasteiger partial charge is 0.480 e. The van der Waals surface area contributed by atoms with Crippen molar-refractivity contribution in [1.82, 2.24) is 5.32 Å². The van der Waals surface area contributed by atoms with Crippen LogP contribution in [0.25, 0.3) is 0 Å². The fraction of sp³-hybridized carbons (Fsp3) is 0.333. The van der Waals surface area contributed by atoms with Crippen molar-refractivity contribution in [1.29, 1.82) is 0 Å². The van der Waals surface area contributed by atoms with Crippen molar-refractivity contribution in [2.24, 2.45) is 0 Å². The normalized spacial score (nSPS) is 19.0. The summed E-state index contributed by atoms with van der Waals surface area (Å²) in [5.74, 6) is -1.59. The zero-order valence-electron chi connectivity index (χ0n) is 9.43. The van der Waals surface area contributed by atoms with Gasteiger partial charge in [-0.25, -0.2) is 0 Å². The Bertz CT molecular complexity index is 459. The molecule has 0 saturated carbocycles. The number of hydrogen-bond acceptors (Lipinski definition) is 3. The summed E-state index contributed by atoms with van der Waals surface area (Å²) in [6.07, 6.45) is 0. The molecule has 1 heterocycles. The Morgan fingerprint density at radius 1 is 1.47 bits per heavy atom. The Morgan fingerprint density at radius 2 is 2.18 bits per heavy atom. The lowest BCUT2D eigenvalue weighted by molar-refractivity contribution is -0.141. The lowest BCUT2D eigenvalue weighted by Crippen LogP contribution is -2.41. The number of carboxylic acids is 1. The van der Waals surface area contributed by atoms with Gasteiger partial charge in [-0.1, -0.05) is 18.2 Å². The quantitative estimate of drug-likeness (QED) is 0.722. The van der Waals surface area contributed by atoms with Gasteiger partial charge in [0.05, 0.1) is 5.92 Å². The molecule has 1 aliphatic heterocycles. The van der Waals surface area contributed by atoms with Gasteiger partial charge in [0.2, 0.25) is 5.91 Å². The van der Waals surface area contributed by atoms with Gasteiger partial charge in [0, 0.05) is 12.2 Å². The molecule has 3 N–H and O–H groups in total. The summed E-state index contributed by atoms with van der Waals surface area (Å²) in [6.45, 7) is 1.96. The van der Waals surface area contributed by atoms with Gasteiger partial charge in [-0.3, -0.25) is 9.59 Å². The van der Waals surface area contributed by atoms with E-state index in [4.69, 9.17) is 5.11 Å². The van der Waals surface area contributed by atoms with E-state index in [-0.39, 0.29) is 11.8 Å². The van der Waals surface area contributed by atoms with Gasteiger partial charge in [0.15, 0.2) is 0 Å². The average Bonchev–Trinajstić information content (AvgIpc) is 2.72. The average molecular weight is 234 g/mol. The third kappa shape index (κ3) is 2.22. The summed E-state index contributed by atoms with van der Waals surface area (Å²) in [7, 11) is 0. The maximum Gasteiger partial charge on any atom is 0.325 e. The smallest absolute Gasteiger partial charge is 0.325 e. The molecule has 17 heavy (non-hydrogen) atoms. The molecule has 2 rings (SSSR count). The molecule has 1 aliphatic rings. The van der Waals surface area contributed by atoms with E-state index in [9.17, 15) is 9.59 Å². The molecule has 0 spiro atoms. The number of nitrogens with one attached hydrogen (secondary N) is 2. The fourth-order valence-corrected chi connectivity index (χ4v) is 1.89. The zero-order valence-corrected chi connectivity index (χ0v) is 9.43. The summed E-state index contributed by atoms with van der Waals surface area (Å²) < 4.78 is 0. The number of carbonyl (C=O) groups is 2. The summed E-state index contributed by atoms with van der Waals surface area (Å²) in [5.41, 5.74) is 1.86. The van der Waals surface area contributed by atoms with Crippen LogP contribution in [0, 0.1) is 0 Å². The number of carbonyl (C=O) groups excluding carboxylic acids is 1. The van der Waals surface area contributed by atoms with Gasteiger partial charge in [0.1, 0.15) is 6.04 Å². The van der Waals surface area contributed by atoms with E-state index in [2.05, 4.69) is 10.6 Å². The number of hydrogen-bond donors (Lipinski definition) is 3. The molecular formula is C12H14N2O3. The van der Waals surface area contributed by atoms with Crippen molar-refractivity contribution < 1.29 is 14.7 Å². The Hall–Kier alpha value is -2.04. The Morgan fingerprint density at radius 3 is 2.88 bits per heavy atom. The minimum absolute atomic E-state index is 0.252. The standard InChI is InChI=1S/C12H14N2O3/c1-7(12(16)17)14-11(15)9-6-13-10-5-3-2-4-8(9)10/h2-5,7,9,13H,6H2,1H3,(H,14,15)(H,16,17)/t7-,9?/m0/s1. The van der Waals surface area contributed by atoms with Crippen LogP contribution in [0.5, 0.6) is 0 Å². The number of para-hydroxylation sites is 1. The maximum absolute atomic E-state index is 11.9. The van der Waals surface area contributed by atoms with Crippen LogP contribution < -0.4 is 10.6 Å². The van der Waals surface area contributed by atoms with Crippen molar-refractivity contribution >= 4 is 17.6 Å². The number of benzene rings is 1. The van der Waals surface area contributed by atoms with E-state index in [1.54, 1.807) is 0 Å². The monoisotopic (exact) mass is 234 g/mol. The lowest BCUT2D eigenvalue weighted by atomic mass is 10.0.